The minimum atomic E-state index is -1.21. The van der Waals surface area contributed by atoms with Crippen molar-refractivity contribution in [1.82, 2.24) is 21.3 Å². The predicted molar refractivity (Wildman–Crippen MR) is 282 cm³/mol. The van der Waals surface area contributed by atoms with Gasteiger partial charge in [0.1, 0.15) is 35.9 Å². The molecule has 0 saturated carbocycles. The molecule has 72 heavy (non-hydrogen) atoms. The molecular weight excluding hydrogens is 917 g/mol. The molecule has 2 unspecified atom stereocenters. The molecule has 1 aliphatic rings. The van der Waals surface area contributed by atoms with E-state index in [1.165, 1.54) is 57.8 Å². The number of nitrogens with one attached hydrogen (secondary N) is 4. The zero-order valence-corrected chi connectivity index (χ0v) is 45.2. The van der Waals surface area contributed by atoms with Crippen molar-refractivity contribution in [2.75, 3.05) is 13.2 Å². The number of ether oxygens (including phenoxy) is 3. The van der Waals surface area contributed by atoms with E-state index in [9.17, 15) is 38.7 Å². The van der Waals surface area contributed by atoms with E-state index in [0.717, 1.165) is 41.5 Å². The van der Waals surface area contributed by atoms with Crippen LogP contribution in [0.2, 0.25) is 0 Å². The van der Waals surface area contributed by atoms with Crippen LogP contribution >= 0.6 is 0 Å². The van der Waals surface area contributed by atoms with E-state index in [1.807, 2.05) is 62.4 Å². The van der Waals surface area contributed by atoms with Gasteiger partial charge in [-0.15, -0.1) is 0 Å². The number of rotatable bonds is 33. The second-order valence-electron chi connectivity index (χ2n) is 20.6. The number of benzene rings is 2. The lowest BCUT2D eigenvalue weighted by molar-refractivity contribution is -0.160. The second kappa shape index (κ2) is 34.0. The standard InChI is InChI=1S/C55H84N4O11.C2H6/c1-8-9-10-11-12-13-14-15-16-17-18-19-20-32-48(61)57-46(52(66)70-55(5,6)7)34-36-49(62)58-45(51(65)69-54(2,3)4)33-35-47(60)56-37-26-25-31-44(50(63)64)59-53(67)68-38-43-41-29-23-21-27-39(41)40-28-22-24-30-42(40)43;1-2/h21-24,27-30,43-46H,8-20,25-26,31-38H2,1-7H3,(H,56,60)(H,57,61)(H,58,62)(H,59,67)(H,63,64);1-2H3/t44?,45-,46?;/m0./s1. The van der Waals surface area contributed by atoms with Crippen LogP contribution in [0.1, 0.15) is 214 Å². The number of fused-ring (bicyclic) bond motifs is 3. The number of carboxylic acids is 1. The number of carbonyl (C=O) groups excluding carboxylic acids is 6. The Morgan fingerprint density at radius 1 is 0.528 bits per heavy atom. The number of hydrogen-bond acceptors (Lipinski definition) is 10. The number of hydrogen-bond donors (Lipinski definition) is 5. The second-order valence-corrected chi connectivity index (χ2v) is 20.6. The summed E-state index contributed by atoms with van der Waals surface area (Å²) in [4.78, 5) is 90.4. The molecule has 2 aromatic carbocycles. The maximum Gasteiger partial charge on any atom is 0.407 e. The number of unbranched alkanes of at least 4 members (excludes halogenated alkanes) is 13. The van der Waals surface area contributed by atoms with Gasteiger partial charge in [0.25, 0.3) is 0 Å². The highest BCUT2D eigenvalue weighted by Crippen LogP contribution is 2.44. The lowest BCUT2D eigenvalue weighted by Crippen LogP contribution is -2.47. The third-order valence-corrected chi connectivity index (χ3v) is 12.1. The van der Waals surface area contributed by atoms with Crippen molar-refractivity contribution in [3.05, 3.63) is 59.7 Å². The average Bonchev–Trinajstić information content (AvgIpc) is 3.64. The van der Waals surface area contributed by atoms with Gasteiger partial charge in [-0.05, 0) is 102 Å². The van der Waals surface area contributed by atoms with Gasteiger partial charge >= 0.3 is 24.0 Å². The van der Waals surface area contributed by atoms with Crippen molar-refractivity contribution < 1.29 is 52.9 Å². The number of esters is 2. The first kappa shape index (κ1) is 62.6. The Labute approximate surface area is 430 Å². The van der Waals surface area contributed by atoms with Crippen molar-refractivity contribution in [2.24, 2.45) is 0 Å². The maximum atomic E-state index is 13.3. The van der Waals surface area contributed by atoms with E-state index >= 15 is 0 Å². The number of alkyl carbamates (subject to hydrolysis) is 1. The van der Waals surface area contributed by atoms with Gasteiger partial charge in [0.05, 0.1) is 0 Å². The van der Waals surface area contributed by atoms with Crippen LogP contribution in [0.3, 0.4) is 0 Å². The van der Waals surface area contributed by atoms with E-state index in [-0.39, 0.29) is 63.5 Å². The SMILES string of the molecule is CC.CCCCCCCCCCCCCCCC(=O)NC(CCC(=O)N[C@@H](CCC(=O)NCCCCC(NC(=O)OCC1c2ccccc2-c2ccccc21)C(=O)O)C(=O)OC(C)(C)C)C(=O)OC(C)(C)C. The molecule has 0 bridgehead atoms. The van der Waals surface area contributed by atoms with Crippen LogP contribution in [0.5, 0.6) is 0 Å². The summed E-state index contributed by atoms with van der Waals surface area (Å²) < 4.78 is 16.7. The van der Waals surface area contributed by atoms with Crippen LogP contribution in [0.4, 0.5) is 4.79 Å². The van der Waals surface area contributed by atoms with Gasteiger partial charge in [-0.3, -0.25) is 14.4 Å². The van der Waals surface area contributed by atoms with Gasteiger partial charge in [0.15, 0.2) is 0 Å². The number of carboxylic acid groups (broad SMARTS) is 1. The molecule has 0 spiro atoms. The molecule has 2 aromatic rings. The van der Waals surface area contributed by atoms with E-state index in [4.69, 9.17) is 14.2 Å². The highest BCUT2D eigenvalue weighted by atomic mass is 16.6. The molecule has 3 rings (SSSR count). The molecule has 0 saturated heterocycles. The Balaban J connectivity index is 0.00000876. The Morgan fingerprint density at radius 2 is 0.958 bits per heavy atom. The minimum absolute atomic E-state index is 0.0461. The number of amides is 4. The molecule has 4 amide bonds. The summed E-state index contributed by atoms with van der Waals surface area (Å²) in [7, 11) is 0. The minimum Gasteiger partial charge on any atom is -0.480 e. The topological polar surface area (TPSA) is 216 Å². The van der Waals surface area contributed by atoms with Crippen LogP contribution in [0.25, 0.3) is 11.1 Å². The van der Waals surface area contributed by atoms with Crippen LogP contribution < -0.4 is 21.3 Å². The zero-order valence-electron chi connectivity index (χ0n) is 45.2. The molecule has 15 heteroatoms. The van der Waals surface area contributed by atoms with E-state index < -0.39 is 65.1 Å². The summed E-state index contributed by atoms with van der Waals surface area (Å²) in [6, 6.07) is 12.4. The molecule has 5 N–H and O–H groups in total. The summed E-state index contributed by atoms with van der Waals surface area (Å²) in [6.45, 7) is 16.7. The summed E-state index contributed by atoms with van der Waals surface area (Å²) >= 11 is 0. The lowest BCUT2D eigenvalue weighted by Gasteiger charge is -2.26. The van der Waals surface area contributed by atoms with Crippen molar-refractivity contribution in [2.45, 2.75) is 232 Å². The largest absolute Gasteiger partial charge is 0.480 e. The molecular formula is C57H90N4O11. The third kappa shape index (κ3) is 25.8. The summed E-state index contributed by atoms with van der Waals surface area (Å²) in [5, 5.41) is 20.5. The molecule has 0 aliphatic heterocycles. The first-order valence-corrected chi connectivity index (χ1v) is 26.9. The molecule has 0 heterocycles. The van der Waals surface area contributed by atoms with Crippen LogP contribution in [0, 0.1) is 0 Å². The highest BCUT2D eigenvalue weighted by Gasteiger charge is 2.32. The molecule has 0 radical (unpaired) electrons. The van der Waals surface area contributed by atoms with Gasteiger partial charge in [0, 0.05) is 31.7 Å². The molecule has 15 nitrogen and oxygen atoms in total. The first-order chi connectivity index (χ1) is 34.3. The van der Waals surface area contributed by atoms with Gasteiger partial charge in [-0.25, -0.2) is 19.2 Å². The Morgan fingerprint density at radius 3 is 1.42 bits per heavy atom. The van der Waals surface area contributed by atoms with Gasteiger partial charge < -0.3 is 40.6 Å². The van der Waals surface area contributed by atoms with E-state index in [0.29, 0.717) is 19.3 Å². The summed E-state index contributed by atoms with van der Waals surface area (Å²) in [6.07, 6.45) is 15.1. The highest BCUT2D eigenvalue weighted by molar-refractivity contribution is 5.88. The normalized spacial score (nSPS) is 13.2. The van der Waals surface area contributed by atoms with Crippen molar-refractivity contribution in [3.8, 4) is 11.1 Å². The maximum absolute atomic E-state index is 13.3. The monoisotopic (exact) mass is 1010 g/mol. The summed E-state index contributed by atoms with van der Waals surface area (Å²) in [5.41, 5.74) is 2.52. The van der Waals surface area contributed by atoms with Crippen molar-refractivity contribution >= 4 is 41.7 Å². The van der Waals surface area contributed by atoms with Gasteiger partial charge in [-0.1, -0.05) is 146 Å². The van der Waals surface area contributed by atoms with E-state index in [2.05, 4.69) is 28.2 Å². The molecule has 0 fully saturated rings. The Bertz CT molecular complexity index is 1930. The van der Waals surface area contributed by atoms with Crippen LogP contribution in [-0.2, 0) is 43.0 Å². The smallest absolute Gasteiger partial charge is 0.407 e. The summed E-state index contributed by atoms with van der Waals surface area (Å²) in [5.74, 6) is -4.05. The lowest BCUT2D eigenvalue weighted by atomic mass is 9.98. The quantitative estimate of drug-likeness (QED) is 0.0257. The van der Waals surface area contributed by atoms with Gasteiger partial charge in [0.2, 0.25) is 17.7 Å². The zero-order chi connectivity index (χ0) is 53.5. The fraction of sp³-hybridized carbons (Fsp3) is 0.667. The third-order valence-electron chi connectivity index (χ3n) is 12.1. The Hall–Kier alpha value is -5.47. The van der Waals surface area contributed by atoms with Crippen molar-refractivity contribution in [3.63, 3.8) is 0 Å². The predicted octanol–water partition coefficient (Wildman–Crippen LogP) is 11.0. The van der Waals surface area contributed by atoms with Crippen molar-refractivity contribution in [1.29, 1.82) is 0 Å². The molecule has 404 valence electrons. The Kier molecular flexibility index (Phi) is 29.6. The van der Waals surface area contributed by atoms with E-state index in [1.54, 1.807) is 41.5 Å². The first-order valence-electron chi connectivity index (χ1n) is 26.9. The molecule has 1 aliphatic carbocycles. The molecule has 3 atom stereocenters. The average molecular weight is 1010 g/mol. The fourth-order valence-electron chi connectivity index (χ4n) is 8.46. The van der Waals surface area contributed by atoms with Crippen LogP contribution in [0.15, 0.2) is 48.5 Å². The van der Waals surface area contributed by atoms with Crippen LogP contribution in [-0.4, -0.2) is 89.3 Å². The fourth-order valence-corrected chi connectivity index (χ4v) is 8.46. The number of aliphatic carboxylic acids is 1. The van der Waals surface area contributed by atoms with Gasteiger partial charge in [-0.2, -0.15) is 0 Å². The molecule has 0 aromatic heterocycles. The number of carbonyl (C=O) groups is 7.